The fourth-order valence-corrected chi connectivity index (χ4v) is 1.52. The quantitative estimate of drug-likeness (QED) is 0.611. The molecule has 0 atom stereocenters. The Morgan fingerprint density at radius 1 is 1.42 bits per heavy atom. The molecule has 0 aromatic heterocycles. The first-order valence-electron chi connectivity index (χ1n) is 5.95. The zero-order valence-electron chi connectivity index (χ0n) is 11.4. The maximum Gasteiger partial charge on any atom is 0.340 e. The lowest BCUT2D eigenvalue weighted by atomic mass is 10.1. The van der Waals surface area contributed by atoms with Gasteiger partial charge in [-0.3, -0.25) is 4.79 Å². The molecule has 1 rings (SSSR count). The summed E-state index contributed by atoms with van der Waals surface area (Å²) in [6.07, 6.45) is 0. The molecule has 0 saturated heterocycles. The van der Waals surface area contributed by atoms with Gasteiger partial charge < -0.3 is 20.7 Å². The van der Waals surface area contributed by atoms with Crippen LogP contribution in [0.4, 0.5) is 11.4 Å². The molecule has 0 aliphatic carbocycles. The lowest BCUT2D eigenvalue weighted by Crippen LogP contribution is -2.32. The van der Waals surface area contributed by atoms with Crippen molar-refractivity contribution >= 4 is 23.3 Å². The minimum absolute atomic E-state index is 0.0720. The van der Waals surface area contributed by atoms with Gasteiger partial charge in [0.1, 0.15) is 0 Å². The number of benzene rings is 1. The van der Waals surface area contributed by atoms with E-state index in [2.05, 4.69) is 10.1 Å². The van der Waals surface area contributed by atoms with E-state index in [-0.39, 0.29) is 12.5 Å². The molecule has 0 fully saturated rings. The van der Waals surface area contributed by atoms with Gasteiger partial charge in [0, 0.05) is 13.6 Å². The van der Waals surface area contributed by atoms with Gasteiger partial charge >= 0.3 is 5.97 Å². The van der Waals surface area contributed by atoms with Gasteiger partial charge in [0.25, 0.3) is 0 Å². The van der Waals surface area contributed by atoms with Crippen molar-refractivity contribution in [2.45, 2.75) is 6.92 Å². The summed E-state index contributed by atoms with van der Waals surface area (Å²) in [4.78, 5) is 24.9. The average Bonchev–Trinajstić information content (AvgIpc) is 2.43. The number of carbonyl (C=O) groups excluding carboxylic acids is 2. The number of nitrogens with zero attached hydrogens (tertiary/aromatic N) is 1. The predicted octanol–water partition coefficient (Wildman–Crippen LogP) is 0.946. The number of hydrogen-bond acceptors (Lipinski definition) is 5. The summed E-state index contributed by atoms with van der Waals surface area (Å²) < 4.78 is 4.68. The van der Waals surface area contributed by atoms with Crippen molar-refractivity contribution in [2.75, 3.05) is 38.3 Å². The van der Waals surface area contributed by atoms with Crippen molar-refractivity contribution in [1.82, 2.24) is 4.90 Å². The van der Waals surface area contributed by atoms with E-state index < -0.39 is 5.97 Å². The predicted molar refractivity (Wildman–Crippen MR) is 74.0 cm³/mol. The molecule has 1 aromatic carbocycles. The fraction of sp³-hybridized carbons (Fsp3) is 0.385. The van der Waals surface area contributed by atoms with E-state index in [0.29, 0.717) is 23.5 Å². The van der Waals surface area contributed by atoms with E-state index in [1.807, 2.05) is 6.92 Å². The summed E-state index contributed by atoms with van der Waals surface area (Å²) in [6, 6.07) is 4.91. The Kier molecular flexibility index (Phi) is 5.17. The van der Waals surface area contributed by atoms with Crippen LogP contribution in [0.1, 0.15) is 17.3 Å². The Morgan fingerprint density at radius 3 is 2.68 bits per heavy atom. The molecule has 6 heteroatoms. The highest BCUT2D eigenvalue weighted by Crippen LogP contribution is 2.23. The molecule has 0 saturated carbocycles. The number of para-hydroxylation sites is 1. The number of rotatable bonds is 5. The van der Waals surface area contributed by atoms with Gasteiger partial charge in [0.2, 0.25) is 5.91 Å². The Bertz CT molecular complexity index is 474. The number of amides is 1. The molecule has 3 N–H and O–H groups in total. The number of methoxy groups -OCH3 is 1. The maximum absolute atomic E-state index is 11.7. The first-order chi connectivity index (χ1) is 9.01. The van der Waals surface area contributed by atoms with Gasteiger partial charge in [-0.25, -0.2) is 4.79 Å². The summed E-state index contributed by atoms with van der Waals surface area (Å²) >= 11 is 0. The highest BCUT2D eigenvalue weighted by Gasteiger charge is 2.15. The summed E-state index contributed by atoms with van der Waals surface area (Å²) in [5.74, 6) is -0.576. The fourth-order valence-electron chi connectivity index (χ4n) is 1.52. The number of ether oxygens (including phenoxy) is 1. The number of hydrogen-bond donors (Lipinski definition) is 2. The van der Waals surface area contributed by atoms with E-state index >= 15 is 0 Å². The second-order valence-corrected chi connectivity index (χ2v) is 4.02. The standard InChI is InChI=1S/C13H19N3O3/c1-4-16(2)11(17)8-15-12-9(13(18)19-3)6-5-7-10(12)14/h5-7,15H,4,8,14H2,1-3H3. The molecular formula is C13H19N3O3. The Balaban J connectivity index is 2.88. The highest BCUT2D eigenvalue weighted by atomic mass is 16.5. The third kappa shape index (κ3) is 3.61. The summed E-state index contributed by atoms with van der Waals surface area (Å²) in [5, 5.41) is 2.89. The van der Waals surface area contributed by atoms with Gasteiger partial charge in [-0.2, -0.15) is 0 Å². The monoisotopic (exact) mass is 265 g/mol. The van der Waals surface area contributed by atoms with E-state index in [1.165, 1.54) is 7.11 Å². The van der Waals surface area contributed by atoms with Crippen molar-refractivity contribution < 1.29 is 14.3 Å². The van der Waals surface area contributed by atoms with E-state index in [0.717, 1.165) is 0 Å². The lowest BCUT2D eigenvalue weighted by molar-refractivity contribution is -0.127. The SMILES string of the molecule is CCN(C)C(=O)CNc1c(N)cccc1C(=O)OC. The second-order valence-electron chi connectivity index (χ2n) is 4.02. The normalized spacial score (nSPS) is 9.84. The highest BCUT2D eigenvalue weighted by molar-refractivity contribution is 5.99. The Hall–Kier alpha value is -2.24. The minimum atomic E-state index is -0.494. The molecular weight excluding hydrogens is 246 g/mol. The molecule has 1 amide bonds. The number of nitrogen functional groups attached to an aromatic ring is 1. The summed E-state index contributed by atoms with van der Waals surface area (Å²) in [5.41, 5.74) is 6.95. The van der Waals surface area contributed by atoms with Gasteiger partial charge in [-0.05, 0) is 19.1 Å². The van der Waals surface area contributed by atoms with Crippen molar-refractivity contribution in [2.24, 2.45) is 0 Å². The van der Waals surface area contributed by atoms with Crippen molar-refractivity contribution in [3.8, 4) is 0 Å². The van der Waals surface area contributed by atoms with Crippen molar-refractivity contribution in [3.63, 3.8) is 0 Å². The Morgan fingerprint density at radius 2 is 2.11 bits per heavy atom. The summed E-state index contributed by atoms with van der Waals surface area (Å²) in [6.45, 7) is 2.58. The van der Waals surface area contributed by atoms with Crippen LogP contribution >= 0.6 is 0 Å². The molecule has 6 nitrogen and oxygen atoms in total. The van der Waals surface area contributed by atoms with Gasteiger partial charge in [0.05, 0.1) is 30.6 Å². The molecule has 19 heavy (non-hydrogen) atoms. The minimum Gasteiger partial charge on any atom is -0.465 e. The third-order valence-corrected chi connectivity index (χ3v) is 2.82. The zero-order valence-corrected chi connectivity index (χ0v) is 11.4. The molecule has 104 valence electrons. The molecule has 0 heterocycles. The van der Waals surface area contributed by atoms with Crippen molar-refractivity contribution in [1.29, 1.82) is 0 Å². The first-order valence-corrected chi connectivity index (χ1v) is 5.95. The maximum atomic E-state index is 11.7. The number of anilines is 2. The molecule has 1 aromatic rings. The average molecular weight is 265 g/mol. The van der Waals surface area contributed by atoms with Gasteiger partial charge in [-0.15, -0.1) is 0 Å². The number of esters is 1. The Labute approximate surface area is 112 Å². The number of nitrogens with two attached hydrogens (primary N) is 1. The van der Waals surface area contributed by atoms with Crippen LogP contribution in [0.5, 0.6) is 0 Å². The topological polar surface area (TPSA) is 84.7 Å². The molecule has 0 aliphatic heterocycles. The zero-order chi connectivity index (χ0) is 14.4. The first kappa shape index (κ1) is 14.8. The summed E-state index contributed by atoms with van der Waals surface area (Å²) in [7, 11) is 3.00. The molecule has 0 bridgehead atoms. The van der Waals surface area contributed by atoms with Gasteiger partial charge in [0.15, 0.2) is 0 Å². The van der Waals surface area contributed by atoms with Gasteiger partial charge in [-0.1, -0.05) is 6.07 Å². The van der Waals surface area contributed by atoms with Crippen molar-refractivity contribution in [3.05, 3.63) is 23.8 Å². The molecule has 0 unspecified atom stereocenters. The van der Waals surface area contributed by atoms with Crippen LogP contribution in [0.2, 0.25) is 0 Å². The van der Waals surface area contributed by atoms with Crippen LogP contribution in [0.15, 0.2) is 18.2 Å². The van der Waals surface area contributed by atoms with Crippen LogP contribution in [0.3, 0.4) is 0 Å². The van der Waals surface area contributed by atoms with Crippen LogP contribution in [-0.2, 0) is 9.53 Å². The molecule has 0 aliphatic rings. The van der Waals surface area contributed by atoms with E-state index in [9.17, 15) is 9.59 Å². The van der Waals surface area contributed by atoms with E-state index in [1.54, 1.807) is 30.1 Å². The third-order valence-electron chi connectivity index (χ3n) is 2.82. The second kappa shape index (κ2) is 6.63. The molecule has 0 spiro atoms. The molecule has 0 radical (unpaired) electrons. The largest absolute Gasteiger partial charge is 0.465 e. The number of likely N-dealkylation sites (N-methyl/N-ethyl adjacent to an activating group) is 1. The van der Waals surface area contributed by atoms with Crippen LogP contribution in [-0.4, -0.2) is 44.0 Å². The van der Waals surface area contributed by atoms with Crippen LogP contribution in [0, 0.1) is 0 Å². The van der Waals surface area contributed by atoms with Crippen LogP contribution < -0.4 is 11.1 Å². The lowest BCUT2D eigenvalue weighted by Gasteiger charge is -2.17. The number of carbonyl (C=O) groups is 2. The van der Waals surface area contributed by atoms with E-state index in [4.69, 9.17) is 5.73 Å². The van der Waals surface area contributed by atoms with Crippen LogP contribution in [0.25, 0.3) is 0 Å². The number of nitrogens with one attached hydrogen (secondary N) is 1. The smallest absolute Gasteiger partial charge is 0.340 e.